The molecule has 2 amide bonds. The molecule has 2 rings (SSSR count). The SMILES string of the molecule is CNC(=O)c1ccc(NC(=O)[C@H](N)Cc2ccccc2)c(C)c1.Cl. The minimum absolute atomic E-state index is 0. The van der Waals surface area contributed by atoms with Crippen molar-refractivity contribution in [3.8, 4) is 0 Å². The Morgan fingerprint density at radius 3 is 2.38 bits per heavy atom. The van der Waals surface area contributed by atoms with Crippen LogP contribution in [0, 0.1) is 6.92 Å². The Hall–Kier alpha value is -2.37. The van der Waals surface area contributed by atoms with Crippen molar-refractivity contribution in [3.05, 3.63) is 65.2 Å². The van der Waals surface area contributed by atoms with Crippen LogP contribution in [-0.2, 0) is 11.2 Å². The Morgan fingerprint density at radius 1 is 1.12 bits per heavy atom. The zero-order chi connectivity index (χ0) is 16.8. The van der Waals surface area contributed by atoms with Crippen LogP contribution in [-0.4, -0.2) is 24.9 Å². The van der Waals surface area contributed by atoms with Crippen molar-refractivity contribution < 1.29 is 9.59 Å². The second kappa shape index (κ2) is 9.05. The van der Waals surface area contributed by atoms with E-state index in [0.717, 1.165) is 11.1 Å². The topological polar surface area (TPSA) is 84.2 Å². The lowest BCUT2D eigenvalue weighted by atomic mass is 10.1. The van der Waals surface area contributed by atoms with Crippen molar-refractivity contribution in [1.82, 2.24) is 5.32 Å². The average molecular weight is 348 g/mol. The summed E-state index contributed by atoms with van der Waals surface area (Å²) < 4.78 is 0. The van der Waals surface area contributed by atoms with E-state index in [-0.39, 0.29) is 24.2 Å². The molecule has 0 aromatic heterocycles. The lowest BCUT2D eigenvalue weighted by Gasteiger charge is -2.14. The summed E-state index contributed by atoms with van der Waals surface area (Å²) in [7, 11) is 1.58. The van der Waals surface area contributed by atoms with E-state index in [9.17, 15) is 9.59 Å². The smallest absolute Gasteiger partial charge is 0.251 e. The molecule has 0 heterocycles. The number of halogens is 1. The molecule has 0 aliphatic rings. The van der Waals surface area contributed by atoms with Crippen LogP contribution in [0.2, 0.25) is 0 Å². The summed E-state index contributed by atoms with van der Waals surface area (Å²) in [5.74, 6) is -0.406. The molecule has 5 nitrogen and oxygen atoms in total. The molecule has 128 valence electrons. The molecule has 0 unspecified atom stereocenters. The fourth-order valence-corrected chi connectivity index (χ4v) is 2.28. The van der Waals surface area contributed by atoms with Crippen LogP contribution in [0.25, 0.3) is 0 Å². The summed E-state index contributed by atoms with van der Waals surface area (Å²) in [6.45, 7) is 1.84. The maximum absolute atomic E-state index is 12.2. The second-order valence-electron chi connectivity index (χ2n) is 5.39. The van der Waals surface area contributed by atoms with Crippen molar-refractivity contribution in [1.29, 1.82) is 0 Å². The first-order chi connectivity index (χ1) is 11.0. The van der Waals surface area contributed by atoms with Gasteiger partial charge in [0.25, 0.3) is 5.91 Å². The standard InChI is InChI=1S/C18H21N3O2.ClH/c1-12-10-14(17(22)20-2)8-9-16(12)21-18(23)15(19)11-13-6-4-3-5-7-13;/h3-10,15H,11,19H2,1-2H3,(H,20,22)(H,21,23);1H/t15-;/m1./s1. The summed E-state index contributed by atoms with van der Waals surface area (Å²) >= 11 is 0. The first-order valence-electron chi connectivity index (χ1n) is 7.44. The Balaban J connectivity index is 0.00000288. The van der Waals surface area contributed by atoms with Gasteiger partial charge in [-0.25, -0.2) is 0 Å². The summed E-state index contributed by atoms with van der Waals surface area (Å²) in [5.41, 5.74) is 9.01. The normalized spacial score (nSPS) is 11.1. The highest BCUT2D eigenvalue weighted by atomic mass is 35.5. The number of nitrogens with one attached hydrogen (secondary N) is 2. The molecule has 2 aromatic carbocycles. The van der Waals surface area contributed by atoms with Gasteiger partial charge in [0.1, 0.15) is 0 Å². The summed E-state index contributed by atoms with van der Waals surface area (Å²) in [4.78, 5) is 23.8. The van der Waals surface area contributed by atoms with E-state index in [2.05, 4.69) is 10.6 Å². The molecule has 0 fully saturated rings. The Kier molecular flexibility index (Phi) is 7.42. The fraction of sp³-hybridized carbons (Fsp3) is 0.222. The number of amides is 2. The number of hydrogen-bond donors (Lipinski definition) is 3. The van der Waals surface area contributed by atoms with E-state index in [4.69, 9.17) is 5.73 Å². The monoisotopic (exact) mass is 347 g/mol. The van der Waals surface area contributed by atoms with E-state index in [1.54, 1.807) is 25.2 Å². The lowest BCUT2D eigenvalue weighted by Crippen LogP contribution is -2.37. The highest BCUT2D eigenvalue weighted by Gasteiger charge is 2.15. The Labute approximate surface area is 148 Å². The van der Waals surface area contributed by atoms with Crippen molar-refractivity contribution in [2.75, 3.05) is 12.4 Å². The van der Waals surface area contributed by atoms with Gasteiger partial charge < -0.3 is 16.4 Å². The Morgan fingerprint density at radius 2 is 1.79 bits per heavy atom. The van der Waals surface area contributed by atoms with Gasteiger partial charge in [0.05, 0.1) is 6.04 Å². The lowest BCUT2D eigenvalue weighted by molar-refractivity contribution is -0.117. The molecule has 0 aliphatic heterocycles. The average Bonchev–Trinajstić information content (AvgIpc) is 2.56. The zero-order valence-electron chi connectivity index (χ0n) is 13.7. The largest absolute Gasteiger partial charge is 0.355 e. The van der Waals surface area contributed by atoms with Gasteiger partial charge in [-0.2, -0.15) is 0 Å². The number of anilines is 1. The van der Waals surface area contributed by atoms with Gasteiger partial charge in [0, 0.05) is 18.3 Å². The zero-order valence-corrected chi connectivity index (χ0v) is 14.5. The predicted molar refractivity (Wildman–Crippen MR) is 98.6 cm³/mol. The highest BCUT2D eigenvalue weighted by molar-refractivity contribution is 5.98. The van der Waals surface area contributed by atoms with E-state index in [0.29, 0.717) is 17.7 Å². The molecular formula is C18H22ClN3O2. The third-order valence-electron chi connectivity index (χ3n) is 3.61. The van der Waals surface area contributed by atoms with Crippen molar-refractivity contribution >= 4 is 29.9 Å². The van der Waals surface area contributed by atoms with Gasteiger partial charge in [-0.3, -0.25) is 9.59 Å². The van der Waals surface area contributed by atoms with Gasteiger partial charge in [0.2, 0.25) is 5.91 Å². The molecule has 24 heavy (non-hydrogen) atoms. The van der Waals surface area contributed by atoms with Gasteiger partial charge in [-0.1, -0.05) is 30.3 Å². The van der Waals surface area contributed by atoms with Crippen molar-refractivity contribution in [2.24, 2.45) is 5.73 Å². The van der Waals surface area contributed by atoms with Crippen LogP contribution >= 0.6 is 12.4 Å². The number of carbonyl (C=O) groups is 2. The first kappa shape index (κ1) is 19.7. The van der Waals surface area contributed by atoms with Gasteiger partial charge >= 0.3 is 0 Å². The van der Waals surface area contributed by atoms with E-state index < -0.39 is 6.04 Å². The van der Waals surface area contributed by atoms with Crippen LogP contribution in [0.3, 0.4) is 0 Å². The van der Waals surface area contributed by atoms with Crippen molar-refractivity contribution in [2.45, 2.75) is 19.4 Å². The van der Waals surface area contributed by atoms with Crippen LogP contribution in [0.15, 0.2) is 48.5 Å². The number of hydrogen-bond acceptors (Lipinski definition) is 3. The minimum Gasteiger partial charge on any atom is -0.355 e. The number of nitrogens with two attached hydrogens (primary N) is 1. The molecule has 0 radical (unpaired) electrons. The van der Waals surface area contributed by atoms with Gasteiger partial charge in [-0.05, 0) is 42.7 Å². The summed E-state index contributed by atoms with van der Waals surface area (Å²) in [6.07, 6.45) is 0.474. The summed E-state index contributed by atoms with van der Waals surface area (Å²) in [5, 5.41) is 5.39. The Bertz CT molecular complexity index is 705. The molecule has 0 aliphatic carbocycles. The quantitative estimate of drug-likeness (QED) is 0.775. The van der Waals surface area contributed by atoms with E-state index in [1.807, 2.05) is 37.3 Å². The molecular weight excluding hydrogens is 326 g/mol. The van der Waals surface area contributed by atoms with Crippen LogP contribution in [0.1, 0.15) is 21.5 Å². The molecule has 4 N–H and O–H groups in total. The molecule has 0 spiro atoms. The summed E-state index contributed by atoms with van der Waals surface area (Å²) in [6, 6.07) is 14.1. The highest BCUT2D eigenvalue weighted by Crippen LogP contribution is 2.17. The maximum Gasteiger partial charge on any atom is 0.251 e. The van der Waals surface area contributed by atoms with Gasteiger partial charge in [0.15, 0.2) is 0 Å². The molecule has 2 aromatic rings. The molecule has 6 heteroatoms. The van der Waals surface area contributed by atoms with Crippen molar-refractivity contribution in [3.63, 3.8) is 0 Å². The van der Waals surface area contributed by atoms with Crippen LogP contribution < -0.4 is 16.4 Å². The molecule has 0 bridgehead atoms. The number of carbonyl (C=O) groups excluding carboxylic acids is 2. The minimum atomic E-state index is -0.629. The third kappa shape index (κ3) is 5.08. The van der Waals surface area contributed by atoms with Crippen LogP contribution in [0.5, 0.6) is 0 Å². The number of aryl methyl sites for hydroxylation is 1. The molecule has 0 saturated carbocycles. The molecule has 1 atom stereocenters. The van der Waals surface area contributed by atoms with Crippen LogP contribution in [0.4, 0.5) is 5.69 Å². The number of benzene rings is 2. The predicted octanol–water partition coefficient (Wildman–Crippen LogP) is 2.28. The van der Waals surface area contributed by atoms with Gasteiger partial charge in [-0.15, -0.1) is 12.4 Å². The second-order valence-corrected chi connectivity index (χ2v) is 5.39. The fourth-order valence-electron chi connectivity index (χ4n) is 2.28. The third-order valence-corrected chi connectivity index (χ3v) is 3.61. The molecule has 0 saturated heterocycles. The van der Waals surface area contributed by atoms with E-state index in [1.165, 1.54) is 0 Å². The number of rotatable bonds is 5. The maximum atomic E-state index is 12.2. The van der Waals surface area contributed by atoms with E-state index >= 15 is 0 Å². The first-order valence-corrected chi connectivity index (χ1v) is 7.44.